The highest BCUT2D eigenvalue weighted by Crippen LogP contribution is 2.15. The van der Waals surface area contributed by atoms with Crippen LogP contribution in [0.2, 0.25) is 0 Å². The highest BCUT2D eigenvalue weighted by molar-refractivity contribution is 7.92. The van der Waals surface area contributed by atoms with Crippen molar-refractivity contribution in [2.75, 3.05) is 11.3 Å². The minimum atomic E-state index is -3.78. The van der Waals surface area contributed by atoms with Crippen LogP contribution in [0, 0.1) is 18.8 Å². The van der Waals surface area contributed by atoms with Gasteiger partial charge in [0.05, 0.1) is 4.90 Å². The Bertz CT molecular complexity index is 754. The third-order valence-electron chi connectivity index (χ3n) is 2.22. The Hall–Kier alpha value is -2.37. The lowest BCUT2D eigenvalue weighted by molar-refractivity contribution is 0.350. The van der Waals surface area contributed by atoms with Crippen molar-refractivity contribution < 1.29 is 17.9 Å². The number of aliphatic hydroxyl groups is 1. The molecule has 104 valence electrons. The number of aromatic nitrogens is 2. The van der Waals surface area contributed by atoms with Crippen molar-refractivity contribution in [3.05, 3.63) is 35.7 Å². The molecular formula is C12H11N3O4S. The fourth-order valence-corrected chi connectivity index (χ4v) is 2.30. The van der Waals surface area contributed by atoms with E-state index in [9.17, 15) is 8.42 Å². The van der Waals surface area contributed by atoms with Gasteiger partial charge in [-0.25, -0.2) is 13.1 Å². The molecule has 2 rings (SSSR count). The monoisotopic (exact) mass is 293 g/mol. The van der Waals surface area contributed by atoms with Gasteiger partial charge in [0.25, 0.3) is 10.0 Å². The zero-order valence-electron chi connectivity index (χ0n) is 10.5. The van der Waals surface area contributed by atoms with E-state index in [1.165, 1.54) is 24.3 Å². The molecule has 0 aliphatic rings. The first-order chi connectivity index (χ1) is 9.51. The van der Waals surface area contributed by atoms with E-state index < -0.39 is 10.0 Å². The van der Waals surface area contributed by atoms with Gasteiger partial charge in [0.15, 0.2) is 0 Å². The smallest absolute Gasteiger partial charge is 0.329 e. The van der Waals surface area contributed by atoms with Gasteiger partial charge in [-0.1, -0.05) is 16.9 Å². The summed E-state index contributed by atoms with van der Waals surface area (Å²) in [5.74, 6) is 5.40. The van der Waals surface area contributed by atoms with E-state index in [4.69, 9.17) is 9.52 Å². The Kier molecular flexibility index (Phi) is 4.02. The second-order valence-corrected chi connectivity index (χ2v) is 5.40. The van der Waals surface area contributed by atoms with E-state index in [2.05, 4.69) is 26.8 Å². The summed E-state index contributed by atoms with van der Waals surface area (Å²) in [5.41, 5.74) is 0.603. The molecule has 0 bridgehead atoms. The van der Waals surface area contributed by atoms with E-state index in [0.717, 1.165) is 0 Å². The maximum atomic E-state index is 12.0. The molecule has 0 amide bonds. The van der Waals surface area contributed by atoms with Crippen LogP contribution in [-0.4, -0.2) is 30.3 Å². The number of rotatable bonds is 3. The normalized spacial score (nSPS) is 10.7. The predicted molar refractivity (Wildman–Crippen MR) is 70.2 cm³/mol. The molecule has 7 nitrogen and oxygen atoms in total. The Balaban J connectivity index is 2.21. The predicted octanol–water partition coefficient (Wildman–Crippen LogP) is 0.523. The van der Waals surface area contributed by atoms with Gasteiger partial charge in [-0.15, -0.1) is 5.10 Å². The third kappa shape index (κ3) is 3.34. The number of benzene rings is 1. The molecule has 0 spiro atoms. The van der Waals surface area contributed by atoms with Gasteiger partial charge >= 0.3 is 6.01 Å². The number of nitrogens with zero attached hydrogens (tertiary/aromatic N) is 2. The van der Waals surface area contributed by atoms with Crippen LogP contribution >= 0.6 is 0 Å². The van der Waals surface area contributed by atoms with Crippen LogP contribution in [0.25, 0.3) is 0 Å². The van der Waals surface area contributed by atoms with Crippen molar-refractivity contribution in [3.8, 4) is 11.8 Å². The SMILES string of the molecule is Cc1nnc(NS(=O)(=O)c2ccc(C#CCO)cc2)o1. The zero-order valence-corrected chi connectivity index (χ0v) is 11.3. The van der Waals surface area contributed by atoms with Crippen LogP contribution in [0.5, 0.6) is 0 Å². The standard InChI is InChI=1S/C12H11N3O4S/c1-9-13-14-12(19-9)15-20(17,18)11-6-4-10(5-7-11)3-2-8-16/h4-7,16H,8H2,1H3,(H,14,15). The topological polar surface area (TPSA) is 105 Å². The van der Waals surface area contributed by atoms with Crippen LogP contribution in [-0.2, 0) is 10.0 Å². The van der Waals surface area contributed by atoms with Gasteiger partial charge in [-0.3, -0.25) is 0 Å². The lowest BCUT2D eigenvalue weighted by Gasteiger charge is -2.03. The molecule has 0 radical (unpaired) electrons. The van der Waals surface area contributed by atoms with Gasteiger partial charge in [-0.05, 0) is 24.3 Å². The number of sulfonamides is 1. The number of anilines is 1. The fraction of sp³-hybridized carbons (Fsp3) is 0.167. The average Bonchev–Trinajstić information content (AvgIpc) is 2.81. The summed E-state index contributed by atoms with van der Waals surface area (Å²) in [7, 11) is -3.78. The molecule has 0 atom stereocenters. The Morgan fingerprint density at radius 1 is 1.30 bits per heavy atom. The van der Waals surface area contributed by atoms with Gasteiger partial charge in [0.1, 0.15) is 6.61 Å². The van der Waals surface area contributed by atoms with E-state index >= 15 is 0 Å². The summed E-state index contributed by atoms with van der Waals surface area (Å²) < 4.78 is 31.2. The second-order valence-electron chi connectivity index (χ2n) is 3.72. The van der Waals surface area contributed by atoms with Gasteiger partial charge < -0.3 is 9.52 Å². The van der Waals surface area contributed by atoms with Gasteiger partial charge in [0, 0.05) is 12.5 Å². The lowest BCUT2D eigenvalue weighted by atomic mass is 10.2. The van der Waals surface area contributed by atoms with Crippen molar-refractivity contribution in [2.45, 2.75) is 11.8 Å². The van der Waals surface area contributed by atoms with Crippen molar-refractivity contribution in [3.63, 3.8) is 0 Å². The summed E-state index contributed by atoms with van der Waals surface area (Å²) in [6.45, 7) is 1.30. The highest BCUT2D eigenvalue weighted by Gasteiger charge is 2.17. The number of hydrogen-bond acceptors (Lipinski definition) is 6. The number of aliphatic hydroxyl groups excluding tert-OH is 1. The number of aryl methyl sites for hydroxylation is 1. The Labute approximate surface area is 115 Å². The van der Waals surface area contributed by atoms with Crippen molar-refractivity contribution in [1.29, 1.82) is 0 Å². The van der Waals surface area contributed by atoms with Gasteiger partial charge in [0.2, 0.25) is 5.89 Å². The molecule has 1 aromatic heterocycles. The molecule has 0 aliphatic carbocycles. The molecule has 20 heavy (non-hydrogen) atoms. The zero-order chi connectivity index (χ0) is 14.6. The van der Waals surface area contributed by atoms with Gasteiger partial charge in [-0.2, -0.15) is 0 Å². The summed E-state index contributed by atoms with van der Waals surface area (Å²) >= 11 is 0. The molecule has 1 heterocycles. The van der Waals surface area contributed by atoms with Crippen molar-refractivity contribution >= 4 is 16.0 Å². The molecular weight excluding hydrogens is 282 g/mol. The average molecular weight is 293 g/mol. The minimum Gasteiger partial charge on any atom is -0.408 e. The summed E-state index contributed by atoms with van der Waals surface area (Å²) in [4.78, 5) is 0.0444. The fourth-order valence-electron chi connectivity index (χ4n) is 1.37. The molecule has 0 unspecified atom stereocenters. The summed E-state index contributed by atoms with van der Waals surface area (Å²) in [5, 5.41) is 15.7. The highest BCUT2D eigenvalue weighted by atomic mass is 32.2. The molecule has 0 fully saturated rings. The van der Waals surface area contributed by atoms with Crippen molar-refractivity contribution in [1.82, 2.24) is 10.2 Å². The molecule has 0 saturated heterocycles. The molecule has 0 saturated carbocycles. The van der Waals surface area contributed by atoms with Crippen LogP contribution in [0.3, 0.4) is 0 Å². The first kappa shape index (κ1) is 14.0. The second kappa shape index (κ2) is 5.73. The van der Waals surface area contributed by atoms with Crippen molar-refractivity contribution in [2.24, 2.45) is 0 Å². The van der Waals surface area contributed by atoms with E-state index in [1.54, 1.807) is 6.92 Å². The molecule has 1 aromatic carbocycles. The summed E-state index contributed by atoms with van der Waals surface area (Å²) in [6, 6.07) is 5.68. The molecule has 2 N–H and O–H groups in total. The van der Waals surface area contributed by atoms with Crippen LogP contribution in [0.15, 0.2) is 33.6 Å². The first-order valence-electron chi connectivity index (χ1n) is 5.54. The Morgan fingerprint density at radius 3 is 2.55 bits per heavy atom. The lowest BCUT2D eigenvalue weighted by Crippen LogP contribution is -2.13. The molecule has 2 aromatic rings. The molecule has 0 aliphatic heterocycles. The first-order valence-corrected chi connectivity index (χ1v) is 7.02. The van der Waals surface area contributed by atoms with E-state index in [0.29, 0.717) is 5.56 Å². The van der Waals surface area contributed by atoms with Crippen LogP contribution < -0.4 is 4.72 Å². The van der Waals surface area contributed by atoms with Crippen LogP contribution in [0.4, 0.5) is 6.01 Å². The number of hydrogen-bond donors (Lipinski definition) is 2. The van der Waals surface area contributed by atoms with E-state index in [1.807, 2.05) is 0 Å². The van der Waals surface area contributed by atoms with E-state index in [-0.39, 0.29) is 23.4 Å². The maximum Gasteiger partial charge on any atom is 0.329 e. The maximum absolute atomic E-state index is 12.0. The Morgan fingerprint density at radius 2 is 2.00 bits per heavy atom. The minimum absolute atomic E-state index is 0.0444. The summed E-state index contributed by atoms with van der Waals surface area (Å²) in [6.07, 6.45) is 0. The third-order valence-corrected chi connectivity index (χ3v) is 3.56. The number of nitrogens with one attached hydrogen (secondary N) is 1. The molecule has 8 heteroatoms. The van der Waals surface area contributed by atoms with Crippen LogP contribution in [0.1, 0.15) is 11.5 Å². The largest absolute Gasteiger partial charge is 0.408 e. The quantitative estimate of drug-likeness (QED) is 0.799.